The number of nitrogens with one attached hydrogen (secondary N) is 2. The standard InChI is InChI=1S/C33H30N4O6S2/c1-42-31(40)24-9-5-8-23(16-24)30-37(33(41)43-17-20-6-3-2-4-7-20)27(19-44-30)29(39)36-32-35-26(18-45-32)21-10-12-22(13-11-21)28(38)34-25-14-15-25/h2-13,16,18,25,27,30H,14-15,17,19H2,1H3,(H,34,38)(H,35,36,39)/t27-,30?/m0/s1. The van der Waals surface area contributed by atoms with Crippen molar-refractivity contribution >= 4 is 52.1 Å². The van der Waals surface area contributed by atoms with E-state index in [1.165, 1.54) is 35.1 Å². The van der Waals surface area contributed by atoms with Crippen LogP contribution in [0, 0.1) is 0 Å². The molecule has 2 N–H and O–H groups in total. The van der Waals surface area contributed by atoms with Crippen molar-refractivity contribution in [1.82, 2.24) is 15.2 Å². The number of methoxy groups -OCH3 is 1. The number of amides is 3. The molecule has 1 saturated heterocycles. The molecule has 1 saturated carbocycles. The van der Waals surface area contributed by atoms with Crippen LogP contribution in [0.2, 0.25) is 0 Å². The first-order valence-electron chi connectivity index (χ1n) is 14.4. The van der Waals surface area contributed by atoms with Crippen LogP contribution in [0.25, 0.3) is 11.3 Å². The minimum Gasteiger partial charge on any atom is -0.465 e. The molecule has 1 aromatic heterocycles. The summed E-state index contributed by atoms with van der Waals surface area (Å²) in [7, 11) is 1.31. The SMILES string of the molecule is COC(=O)c1cccc(C2SC[C@@H](C(=O)Nc3nc(-c4ccc(C(=O)NC5CC5)cc4)cs3)N2C(=O)OCc2ccccc2)c1. The summed E-state index contributed by atoms with van der Waals surface area (Å²) in [6.45, 7) is 0.0426. The third-order valence-electron chi connectivity index (χ3n) is 7.40. The molecule has 10 nitrogen and oxygen atoms in total. The monoisotopic (exact) mass is 642 g/mol. The molecule has 0 radical (unpaired) electrons. The minimum absolute atomic E-state index is 0.0426. The van der Waals surface area contributed by atoms with Crippen LogP contribution in [0.1, 0.15) is 50.1 Å². The van der Waals surface area contributed by atoms with E-state index < -0.39 is 29.4 Å². The maximum absolute atomic E-state index is 13.6. The smallest absolute Gasteiger partial charge is 0.412 e. The summed E-state index contributed by atoms with van der Waals surface area (Å²) in [5.41, 5.74) is 3.87. The molecule has 2 fully saturated rings. The van der Waals surface area contributed by atoms with Gasteiger partial charge in [0.2, 0.25) is 5.91 Å². The van der Waals surface area contributed by atoms with E-state index in [-0.39, 0.29) is 18.6 Å². The number of aromatic nitrogens is 1. The van der Waals surface area contributed by atoms with Gasteiger partial charge in [-0.2, -0.15) is 0 Å². The van der Waals surface area contributed by atoms with Crippen molar-refractivity contribution < 1.29 is 28.7 Å². The van der Waals surface area contributed by atoms with Crippen molar-refractivity contribution in [3.63, 3.8) is 0 Å². The molecule has 230 valence electrons. The maximum Gasteiger partial charge on any atom is 0.412 e. The summed E-state index contributed by atoms with van der Waals surface area (Å²) in [5, 5.41) is 7.47. The first-order chi connectivity index (χ1) is 21.9. The van der Waals surface area contributed by atoms with Gasteiger partial charge in [0.05, 0.1) is 18.4 Å². The topological polar surface area (TPSA) is 127 Å². The molecular formula is C33H30N4O6S2. The lowest BCUT2D eigenvalue weighted by atomic mass is 10.1. The maximum atomic E-state index is 13.6. The lowest BCUT2D eigenvalue weighted by molar-refractivity contribution is -0.120. The second-order valence-corrected chi connectivity index (χ2v) is 12.6. The average molecular weight is 643 g/mol. The number of benzene rings is 3. The number of anilines is 1. The van der Waals surface area contributed by atoms with Gasteiger partial charge in [0.15, 0.2) is 5.13 Å². The van der Waals surface area contributed by atoms with E-state index in [1.54, 1.807) is 36.4 Å². The summed E-state index contributed by atoms with van der Waals surface area (Å²) < 4.78 is 10.5. The zero-order valence-electron chi connectivity index (χ0n) is 24.3. The van der Waals surface area contributed by atoms with E-state index in [4.69, 9.17) is 9.47 Å². The largest absolute Gasteiger partial charge is 0.465 e. The number of nitrogens with zero attached hydrogens (tertiary/aromatic N) is 2. The Morgan fingerprint density at radius 1 is 0.956 bits per heavy atom. The van der Waals surface area contributed by atoms with Gasteiger partial charge in [-0.3, -0.25) is 14.5 Å². The van der Waals surface area contributed by atoms with Gasteiger partial charge in [-0.25, -0.2) is 14.6 Å². The number of hydrogen-bond donors (Lipinski definition) is 2. The molecule has 2 aliphatic rings. The normalized spacial score (nSPS) is 17.4. The van der Waals surface area contributed by atoms with Gasteiger partial charge in [-0.15, -0.1) is 23.1 Å². The van der Waals surface area contributed by atoms with E-state index in [0.717, 1.165) is 24.0 Å². The Morgan fingerprint density at radius 2 is 1.73 bits per heavy atom. The van der Waals surface area contributed by atoms with Crippen LogP contribution in [0.15, 0.2) is 84.2 Å². The number of carbonyl (C=O) groups excluding carboxylic acids is 4. The molecular weight excluding hydrogens is 613 g/mol. The Morgan fingerprint density at radius 3 is 2.47 bits per heavy atom. The van der Waals surface area contributed by atoms with Gasteiger partial charge in [0, 0.05) is 28.3 Å². The second kappa shape index (κ2) is 13.5. The summed E-state index contributed by atoms with van der Waals surface area (Å²) in [4.78, 5) is 57.7. The van der Waals surface area contributed by atoms with Crippen LogP contribution in [-0.2, 0) is 20.9 Å². The molecule has 6 rings (SSSR count). The Balaban J connectivity index is 1.18. The predicted octanol–water partition coefficient (Wildman–Crippen LogP) is 5.88. The third-order valence-corrected chi connectivity index (χ3v) is 9.48. The third kappa shape index (κ3) is 7.18. The van der Waals surface area contributed by atoms with Crippen LogP contribution < -0.4 is 10.6 Å². The fraction of sp³-hybridized carbons (Fsp3) is 0.242. The molecule has 1 unspecified atom stereocenters. The second-order valence-electron chi connectivity index (χ2n) is 10.6. The highest BCUT2D eigenvalue weighted by molar-refractivity contribution is 7.99. The molecule has 3 amide bonds. The lowest BCUT2D eigenvalue weighted by Gasteiger charge is -2.28. The van der Waals surface area contributed by atoms with Crippen LogP contribution >= 0.6 is 23.1 Å². The molecule has 4 aromatic rings. The van der Waals surface area contributed by atoms with E-state index >= 15 is 0 Å². The molecule has 0 bridgehead atoms. The van der Waals surface area contributed by atoms with Gasteiger partial charge in [-0.1, -0.05) is 54.6 Å². The number of thiazole rings is 1. The molecule has 3 aromatic carbocycles. The van der Waals surface area contributed by atoms with E-state index in [1.807, 2.05) is 47.8 Å². The fourth-order valence-corrected chi connectivity index (χ4v) is 6.99. The number of rotatable bonds is 9. The van der Waals surface area contributed by atoms with Gasteiger partial charge < -0.3 is 20.1 Å². The molecule has 2 atom stereocenters. The van der Waals surface area contributed by atoms with Crippen LogP contribution in [0.4, 0.5) is 9.93 Å². The van der Waals surface area contributed by atoms with Gasteiger partial charge in [0.1, 0.15) is 18.0 Å². The Kier molecular flexibility index (Phi) is 9.13. The average Bonchev–Trinajstić information content (AvgIpc) is 3.57. The van der Waals surface area contributed by atoms with E-state index in [0.29, 0.717) is 33.3 Å². The fourth-order valence-electron chi connectivity index (χ4n) is 4.86. The van der Waals surface area contributed by atoms with Crippen molar-refractivity contribution in [3.05, 3.63) is 106 Å². The van der Waals surface area contributed by atoms with Gasteiger partial charge >= 0.3 is 12.1 Å². The zero-order valence-corrected chi connectivity index (χ0v) is 25.9. The zero-order chi connectivity index (χ0) is 31.3. The number of thioether (sulfide) groups is 1. The number of esters is 1. The number of ether oxygens (including phenoxy) is 2. The molecule has 1 aliphatic heterocycles. The van der Waals surface area contributed by atoms with E-state index in [9.17, 15) is 19.2 Å². The predicted molar refractivity (Wildman–Crippen MR) is 172 cm³/mol. The van der Waals surface area contributed by atoms with Crippen LogP contribution in [0.3, 0.4) is 0 Å². The van der Waals surface area contributed by atoms with Crippen LogP contribution in [-0.4, -0.2) is 58.7 Å². The Bertz CT molecular complexity index is 1710. The molecule has 12 heteroatoms. The molecule has 2 heterocycles. The van der Waals surface area contributed by atoms with E-state index in [2.05, 4.69) is 15.6 Å². The minimum atomic E-state index is -0.860. The highest BCUT2D eigenvalue weighted by atomic mass is 32.2. The first-order valence-corrected chi connectivity index (χ1v) is 16.3. The number of carbonyl (C=O) groups is 4. The summed E-state index contributed by atoms with van der Waals surface area (Å²) in [5.74, 6) is -0.684. The lowest BCUT2D eigenvalue weighted by Crippen LogP contribution is -2.45. The van der Waals surface area contributed by atoms with Crippen molar-refractivity contribution in [2.75, 3.05) is 18.2 Å². The molecule has 0 spiro atoms. The van der Waals surface area contributed by atoms with Crippen molar-refractivity contribution in [2.45, 2.75) is 36.9 Å². The van der Waals surface area contributed by atoms with Gasteiger partial charge in [0.25, 0.3) is 5.91 Å². The molecule has 1 aliphatic carbocycles. The first kappa shape index (κ1) is 30.4. The highest BCUT2D eigenvalue weighted by Gasteiger charge is 2.43. The van der Waals surface area contributed by atoms with Crippen molar-refractivity contribution in [1.29, 1.82) is 0 Å². The highest BCUT2D eigenvalue weighted by Crippen LogP contribution is 2.42. The Hall–Kier alpha value is -4.68. The van der Waals surface area contributed by atoms with Crippen molar-refractivity contribution in [3.8, 4) is 11.3 Å². The Labute approximate surface area is 268 Å². The van der Waals surface area contributed by atoms with Gasteiger partial charge in [-0.05, 0) is 48.2 Å². The van der Waals surface area contributed by atoms with Crippen molar-refractivity contribution in [2.24, 2.45) is 0 Å². The summed E-state index contributed by atoms with van der Waals surface area (Å²) in [6.07, 6.45) is 1.39. The molecule has 45 heavy (non-hydrogen) atoms. The number of hydrogen-bond acceptors (Lipinski definition) is 9. The van der Waals surface area contributed by atoms with Crippen LogP contribution in [0.5, 0.6) is 0 Å². The summed E-state index contributed by atoms with van der Waals surface area (Å²) >= 11 is 2.67. The quantitative estimate of drug-likeness (QED) is 0.217. The summed E-state index contributed by atoms with van der Waals surface area (Å²) in [6, 6.07) is 22.7.